The van der Waals surface area contributed by atoms with Gasteiger partial charge in [0.2, 0.25) is 5.69 Å². The molecule has 0 atom stereocenters. The van der Waals surface area contributed by atoms with Crippen molar-refractivity contribution in [2.24, 2.45) is 0 Å². The van der Waals surface area contributed by atoms with Crippen LogP contribution in [0.5, 0.6) is 0 Å². The normalized spacial score (nSPS) is 17.3. The minimum atomic E-state index is -0.807. The van der Waals surface area contributed by atoms with Crippen LogP contribution in [0.4, 0.5) is 11.4 Å². The first-order valence-electron chi connectivity index (χ1n) is 17.6. The van der Waals surface area contributed by atoms with Gasteiger partial charge in [0.05, 0.1) is 11.8 Å². The first-order valence-corrected chi connectivity index (χ1v) is 17.6. The molecule has 6 heteroatoms. The number of carboxylic acid groups (broad SMARTS) is 2. The molecule has 2 aliphatic rings. The summed E-state index contributed by atoms with van der Waals surface area (Å²) < 4.78 is 2.42. The number of nitrogens with zero attached hydrogens (tertiary/aromatic N) is 2. The molecule has 0 saturated carbocycles. The molecular weight excluding hydrogens is 620 g/mol. The molecule has 2 N–H and O–H groups in total. The zero-order valence-corrected chi connectivity index (χ0v) is 29.5. The van der Waals surface area contributed by atoms with Gasteiger partial charge < -0.3 is 15.1 Å². The van der Waals surface area contributed by atoms with E-state index in [-0.39, 0.29) is 23.7 Å². The lowest BCUT2D eigenvalue weighted by Crippen LogP contribution is -2.28. The summed E-state index contributed by atoms with van der Waals surface area (Å²) >= 11 is 0. The Kier molecular flexibility index (Phi) is 9.92. The summed E-state index contributed by atoms with van der Waals surface area (Å²) in [6, 6.07) is 25.6. The third kappa shape index (κ3) is 6.67. The maximum absolute atomic E-state index is 11.6. The molecule has 6 nitrogen and oxygen atoms in total. The number of carbonyl (C=O) groups is 2. The fourth-order valence-electron chi connectivity index (χ4n) is 7.97. The number of unbranched alkanes of at least 4 members (excludes halogenated alkanes) is 2. The molecule has 0 aromatic heterocycles. The van der Waals surface area contributed by atoms with Gasteiger partial charge in [-0.1, -0.05) is 98.8 Å². The van der Waals surface area contributed by atoms with E-state index in [2.05, 4.69) is 134 Å². The van der Waals surface area contributed by atoms with Gasteiger partial charge in [0, 0.05) is 53.9 Å². The molecule has 2 heterocycles. The van der Waals surface area contributed by atoms with E-state index < -0.39 is 11.9 Å². The van der Waals surface area contributed by atoms with Gasteiger partial charge in [-0.15, -0.1) is 0 Å². The smallest absolute Gasteiger partial charge is 0.305 e. The van der Waals surface area contributed by atoms with E-state index in [1.54, 1.807) is 0 Å². The van der Waals surface area contributed by atoms with Crippen LogP contribution in [-0.2, 0) is 20.4 Å². The van der Waals surface area contributed by atoms with Gasteiger partial charge in [0.25, 0.3) is 0 Å². The van der Waals surface area contributed by atoms with Crippen LogP contribution in [0, 0.1) is 0 Å². The van der Waals surface area contributed by atoms with Crippen molar-refractivity contribution in [1.29, 1.82) is 0 Å². The van der Waals surface area contributed by atoms with Gasteiger partial charge >= 0.3 is 11.9 Å². The van der Waals surface area contributed by atoms with E-state index in [1.165, 1.54) is 44.1 Å². The highest BCUT2D eigenvalue weighted by Crippen LogP contribution is 2.51. The van der Waals surface area contributed by atoms with E-state index >= 15 is 0 Å². The average molecular weight is 668 g/mol. The van der Waals surface area contributed by atoms with Crippen molar-refractivity contribution in [3.8, 4) is 0 Å². The highest BCUT2D eigenvalue weighted by molar-refractivity contribution is 6.07. The van der Waals surface area contributed by atoms with Crippen LogP contribution in [0.3, 0.4) is 0 Å². The number of rotatable bonds is 13. The molecule has 2 aliphatic heterocycles. The van der Waals surface area contributed by atoms with E-state index in [0.717, 1.165) is 30.8 Å². The molecule has 50 heavy (non-hydrogen) atoms. The quantitative estimate of drug-likeness (QED) is 0.0843. The van der Waals surface area contributed by atoms with Gasteiger partial charge in [0.1, 0.15) is 6.54 Å². The zero-order valence-electron chi connectivity index (χ0n) is 29.5. The van der Waals surface area contributed by atoms with Crippen LogP contribution in [-0.4, -0.2) is 45.5 Å². The number of aliphatic carboxylic acids is 2. The highest BCUT2D eigenvalue weighted by atomic mass is 16.4. The Morgan fingerprint density at radius 3 is 2.00 bits per heavy atom. The molecule has 0 spiro atoms. The Morgan fingerprint density at radius 2 is 1.30 bits per heavy atom. The first-order chi connectivity index (χ1) is 24.0. The largest absolute Gasteiger partial charge is 0.481 e. The summed E-state index contributed by atoms with van der Waals surface area (Å²) in [6.45, 7) is 10.3. The van der Waals surface area contributed by atoms with Crippen molar-refractivity contribution in [2.45, 2.75) is 70.6 Å². The summed E-state index contributed by atoms with van der Waals surface area (Å²) in [6.07, 6.45) is 17.3. The van der Waals surface area contributed by atoms with Crippen molar-refractivity contribution in [3.05, 3.63) is 132 Å². The number of hydrogen-bond donors (Lipinski definition) is 2. The number of benzene rings is 4. The summed E-state index contributed by atoms with van der Waals surface area (Å²) in [5.74, 6) is -1.55. The second-order valence-electron chi connectivity index (χ2n) is 14.3. The van der Waals surface area contributed by atoms with Crippen LogP contribution in [0.1, 0.15) is 70.9 Å². The Morgan fingerprint density at radius 1 is 0.680 bits per heavy atom. The van der Waals surface area contributed by atoms with E-state index in [4.69, 9.17) is 5.11 Å². The predicted molar refractivity (Wildman–Crippen MR) is 205 cm³/mol. The Hall–Kier alpha value is -5.23. The van der Waals surface area contributed by atoms with Gasteiger partial charge in [-0.2, -0.15) is 4.58 Å². The second kappa shape index (κ2) is 14.3. The Bertz CT molecular complexity index is 2110. The fourth-order valence-corrected chi connectivity index (χ4v) is 7.97. The number of hydrogen-bond acceptors (Lipinski definition) is 3. The zero-order chi connectivity index (χ0) is 35.5. The Labute approximate surface area is 295 Å². The third-order valence-electron chi connectivity index (χ3n) is 10.3. The summed E-state index contributed by atoms with van der Waals surface area (Å²) in [5, 5.41) is 23.5. The molecule has 0 aliphatic carbocycles. The molecule has 0 saturated heterocycles. The minimum Gasteiger partial charge on any atom is -0.481 e. The molecule has 0 radical (unpaired) electrons. The monoisotopic (exact) mass is 667 g/mol. The van der Waals surface area contributed by atoms with Crippen LogP contribution in [0.25, 0.3) is 21.5 Å². The lowest BCUT2D eigenvalue weighted by atomic mass is 9.79. The van der Waals surface area contributed by atoms with E-state index in [1.807, 2.05) is 18.2 Å². The molecule has 0 fully saturated rings. The van der Waals surface area contributed by atoms with Crippen molar-refractivity contribution in [2.75, 3.05) is 18.0 Å². The predicted octanol–water partition coefficient (Wildman–Crippen LogP) is 9.84. The number of allylic oxidation sites excluding steroid dienone is 8. The van der Waals surface area contributed by atoms with Gasteiger partial charge in [-0.25, -0.2) is 0 Å². The van der Waals surface area contributed by atoms with Gasteiger partial charge in [-0.05, 0) is 72.0 Å². The van der Waals surface area contributed by atoms with E-state index in [0.29, 0.717) is 13.0 Å². The second-order valence-corrected chi connectivity index (χ2v) is 14.3. The maximum atomic E-state index is 11.6. The van der Waals surface area contributed by atoms with Crippen LogP contribution in [0.2, 0.25) is 0 Å². The number of carboxylic acids is 2. The van der Waals surface area contributed by atoms with Gasteiger partial charge in [-0.3, -0.25) is 9.59 Å². The average Bonchev–Trinajstić information content (AvgIpc) is 3.44. The first kappa shape index (κ1) is 34.6. The fraction of sp³-hybridized carbons (Fsp3) is 0.295. The van der Waals surface area contributed by atoms with Crippen molar-refractivity contribution >= 4 is 50.6 Å². The summed E-state index contributed by atoms with van der Waals surface area (Å²) in [4.78, 5) is 24.8. The lowest BCUT2D eigenvalue weighted by molar-refractivity contribution is -0.438. The number of anilines is 1. The highest BCUT2D eigenvalue weighted by Gasteiger charge is 2.45. The lowest BCUT2D eigenvalue weighted by Gasteiger charge is -2.26. The molecule has 0 bridgehead atoms. The van der Waals surface area contributed by atoms with Crippen molar-refractivity contribution in [3.63, 3.8) is 0 Å². The van der Waals surface area contributed by atoms with Crippen molar-refractivity contribution < 1.29 is 24.4 Å². The molecule has 256 valence electrons. The standard InChI is InChI=1S/C44H46N2O4/c1-43(2)37(45(29-16-8-11-23-39(47)48)35-26-24-31-17-12-14-19-33(31)41(35)43)21-9-6-5-7-10-22-38-44(3,4)42-34-20-15-13-18-32(34)25-27-36(42)46(38)30-28-40(49)50/h5-7,9-10,12-15,17-22,24-27H,8,11,16,23,28-30H2,1-4H3,(H-,47,48,49,50)/p+1. The molecule has 6 rings (SSSR count). The maximum Gasteiger partial charge on any atom is 0.305 e. The van der Waals surface area contributed by atoms with Crippen LogP contribution >= 0.6 is 0 Å². The summed E-state index contributed by atoms with van der Waals surface area (Å²) in [7, 11) is 0. The van der Waals surface area contributed by atoms with Crippen LogP contribution < -0.4 is 4.90 Å². The molecule has 0 unspecified atom stereocenters. The Balaban J connectivity index is 1.25. The summed E-state index contributed by atoms with van der Waals surface area (Å²) in [5.41, 5.74) is 6.65. The number of fused-ring (bicyclic) bond motifs is 6. The van der Waals surface area contributed by atoms with E-state index in [9.17, 15) is 14.7 Å². The topological polar surface area (TPSA) is 80.9 Å². The molecule has 4 aromatic rings. The SMILES string of the molecule is CC1(C)C(/C=C/C=C/C=C/C=C2/N(CCC(=O)O)c3ccc4ccccc4c3C2(C)C)=[N+](CCCCCC(=O)O)c2ccc3ccccc3c21. The molecular formula is C44H47N2O4+. The van der Waals surface area contributed by atoms with Crippen molar-refractivity contribution in [1.82, 2.24) is 0 Å². The van der Waals surface area contributed by atoms with Crippen LogP contribution in [0.15, 0.2) is 121 Å². The molecule has 0 amide bonds. The third-order valence-corrected chi connectivity index (χ3v) is 10.3. The minimum absolute atomic E-state index is 0.0578. The van der Waals surface area contributed by atoms with Gasteiger partial charge in [0.15, 0.2) is 5.71 Å². The molecule has 4 aromatic carbocycles.